The zero-order chi connectivity index (χ0) is 12.3. The molecule has 2 aliphatic rings. The van der Waals surface area contributed by atoms with Crippen molar-refractivity contribution in [2.24, 2.45) is 11.3 Å². The van der Waals surface area contributed by atoms with Crippen molar-refractivity contribution in [3.8, 4) is 0 Å². The first kappa shape index (κ1) is 13.0. The Balaban J connectivity index is 1.75. The molecule has 17 heavy (non-hydrogen) atoms. The predicted octanol–water partition coefficient (Wildman–Crippen LogP) is 1.11. The van der Waals surface area contributed by atoms with Crippen molar-refractivity contribution in [3.05, 3.63) is 0 Å². The summed E-state index contributed by atoms with van der Waals surface area (Å²) in [7, 11) is 0.585. The van der Waals surface area contributed by atoms with Crippen LogP contribution in [0.1, 0.15) is 25.7 Å². The van der Waals surface area contributed by atoms with Crippen LogP contribution in [-0.4, -0.2) is 42.0 Å². The Morgan fingerprint density at radius 3 is 2.82 bits per heavy atom. The third kappa shape index (κ3) is 3.78. The van der Waals surface area contributed by atoms with Crippen molar-refractivity contribution in [3.63, 3.8) is 0 Å². The Bertz CT molecular complexity index is 306. The highest BCUT2D eigenvalue weighted by Gasteiger charge is 2.46. The first-order valence-corrected chi connectivity index (χ1v) is 7.62. The van der Waals surface area contributed by atoms with E-state index in [1.165, 1.54) is 7.11 Å². The molecule has 0 aromatic carbocycles. The summed E-state index contributed by atoms with van der Waals surface area (Å²) in [5.74, 6) is 1.65. The second kappa shape index (κ2) is 5.48. The monoisotopic (exact) mass is 260 g/mol. The highest BCUT2D eigenvalue weighted by Crippen LogP contribution is 2.49. The lowest BCUT2D eigenvalue weighted by atomic mass is 10.1. The van der Waals surface area contributed by atoms with Crippen LogP contribution < -0.4 is 0 Å². The molecule has 0 radical (unpaired) electrons. The molecule has 0 spiro atoms. The van der Waals surface area contributed by atoms with Gasteiger partial charge in [-0.1, -0.05) is 0 Å². The van der Waals surface area contributed by atoms with Gasteiger partial charge in [0, 0.05) is 28.9 Å². The van der Waals surface area contributed by atoms with Crippen molar-refractivity contribution in [1.29, 1.82) is 0 Å². The van der Waals surface area contributed by atoms with Crippen LogP contribution >= 0.6 is 0 Å². The number of esters is 1. The number of hydrogen-bond donors (Lipinski definition) is 0. The molecule has 0 aromatic heterocycles. The highest BCUT2D eigenvalue weighted by atomic mass is 32.2. The fraction of sp³-hybridized carbons (Fsp3) is 0.917. The van der Waals surface area contributed by atoms with Crippen LogP contribution in [0.15, 0.2) is 0 Å². The molecule has 0 bridgehead atoms. The normalized spacial score (nSPS) is 27.7. The van der Waals surface area contributed by atoms with Gasteiger partial charge in [0.2, 0.25) is 0 Å². The summed E-state index contributed by atoms with van der Waals surface area (Å²) in [5, 5.41) is 0. The van der Waals surface area contributed by atoms with Crippen molar-refractivity contribution in [2.75, 3.05) is 31.8 Å². The van der Waals surface area contributed by atoms with E-state index in [1.54, 1.807) is 0 Å². The molecule has 1 heterocycles. The number of rotatable bonds is 6. The van der Waals surface area contributed by atoms with Gasteiger partial charge in [-0.3, -0.25) is 9.00 Å². The standard InChI is InChI=1S/C12H20O4S/c1-15-11(13)6-12(3-4-12)9-17(14)8-10-2-5-16-7-10/h10H,2-9H2,1H3. The minimum absolute atomic E-state index is 0.0165. The second-order valence-corrected chi connectivity index (χ2v) is 6.74. The van der Waals surface area contributed by atoms with Crippen LogP contribution in [0.2, 0.25) is 0 Å². The van der Waals surface area contributed by atoms with Crippen molar-refractivity contribution in [1.82, 2.24) is 0 Å². The van der Waals surface area contributed by atoms with Gasteiger partial charge >= 0.3 is 5.97 Å². The molecule has 1 saturated carbocycles. The van der Waals surface area contributed by atoms with E-state index < -0.39 is 10.8 Å². The van der Waals surface area contributed by atoms with Crippen LogP contribution in [0, 0.1) is 11.3 Å². The average Bonchev–Trinajstić information content (AvgIpc) is 2.83. The topological polar surface area (TPSA) is 52.6 Å². The molecule has 2 fully saturated rings. The number of hydrogen-bond acceptors (Lipinski definition) is 4. The summed E-state index contributed by atoms with van der Waals surface area (Å²) in [5.41, 5.74) is -0.0165. The van der Waals surface area contributed by atoms with Crippen LogP contribution in [0.5, 0.6) is 0 Å². The summed E-state index contributed by atoms with van der Waals surface area (Å²) < 4.78 is 22.0. The lowest BCUT2D eigenvalue weighted by molar-refractivity contribution is -0.141. The maximum atomic E-state index is 12.0. The SMILES string of the molecule is COC(=O)CC1(CS(=O)CC2CCOC2)CC1. The molecule has 0 amide bonds. The summed E-state index contributed by atoms with van der Waals surface area (Å²) in [6.07, 6.45) is 3.47. The fourth-order valence-electron chi connectivity index (χ4n) is 2.31. The van der Waals surface area contributed by atoms with Gasteiger partial charge in [0.15, 0.2) is 0 Å². The zero-order valence-electron chi connectivity index (χ0n) is 10.3. The molecular formula is C12H20O4S. The second-order valence-electron chi connectivity index (χ2n) is 5.23. The molecule has 1 aliphatic heterocycles. The number of ether oxygens (including phenoxy) is 2. The van der Waals surface area contributed by atoms with Gasteiger partial charge in [-0.25, -0.2) is 0 Å². The Morgan fingerprint density at radius 1 is 1.53 bits per heavy atom. The van der Waals surface area contributed by atoms with E-state index in [0.29, 0.717) is 18.1 Å². The first-order valence-electron chi connectivity index (χ1n) is 6.13. The van der Waals surface area contributed by atoms with E-state index in [-0.39, 0.29) is 11.4 Å². The van der Waals surface area contributed by atoms with Gasteiger partial charge in [-0.15, -0.1) is 0 Å². The Morgan fingerprint density at radius 2 is 2.29 bits per heavy atom. The summed E-state index contributed by atoms with van der Waals surface area (Å²) in [6.45, 7) is 1.55. The van der Waals surface area contributed by atoms with E-state index in [1.807, 2.05) is 0 Å². The van der Waals surface area contributed by atoms with Gasteiger partial charge in [0.25, 0.3) is 0 Å². The zero-order valence-corrected chi connectivity index (χ0v) is 11.1. The Kier molecular flexibility index (Phi) is 4.20. The van der Waals surface area contributed by atoms with Gasteiger partial charge < -0.3 is 9.47 Å². The average molecular weight is 260 g/mol. The number of carbonyl (C=O) groups excluding carboxylic acids is 1. The van der Waals surface area contributed by atoms with Crippen LogP contribution in [-0.2, 0) is 25.1 Å². The molecule has 4 nitrogen and oxygen atoms in total. The predicted molar refractivity (Wildman–Crippen MR) is 65.1 cm³/mol. The third-order valence-corrected chi connectivity index (χ3v) is 5.39. The molecule has 5 heteroatoms. The van der Waals surface area contributed by atoms with Crippen molar-refractivity contribution >= 4 is 16.8 Å². The van der Waals surface area contributed by atoms with E-state index in [9.17, 15) is 9.00 Å². The molecule has 1 saturated heterocycles. The fourth-order valence-corrected chi connectivity index (χ4v) is 4.29. The third-order valence-electron chi connectivity index (χ3n) is 3.62. The van der Waals surface area contributed by atoms with E-state index >= 15 is 0 Å². The molecule has 2 unspecified atom stereocenters. The van der Waals surface area contributed by atoms with Gasteiger partial charge in [-0.05, 0) is 30.6 Å². The molecule has 2 atom stereocenters. The summed E-state index contributed by atoms with van der Waals surface area (Å²) >= 11 is 0. The molecule has 98 valence electrons. The van der Waals surface area contributed by atoms with Crippen LogP contribution in [0.3, 0.4) is 0 Å². The van der Waals surface area contributed by atoms with Gasteiger partial charge in [0.05, 0.1) is 20.1 Å². The minimum Gasteiger partial charge on any atom is -0.469 e. The largest absolute Gasteiger partial charge is 0.469 e. The molecule has 2 rings (SSSR count). The lowest BCUT2D eigenvalue weighted by Gasteiger charge is -2.14. The number of methoxy groups -OCH3 is 1. The van der Waals surface area contributed by atoms with E-state index in [2.05, 4.69) is 4.74 Å². The van der Waals surface area contributed by atoms with Crippen LogP contribution in [0.25, 0.3) is 0 Å². The van der Waals surface area contributed by atoms with E-state index in [0.717, 1.165) is 38.2 Å². The minimum atomic E-state index is -0.823. The summed E-state index contributed by atoms with van der Waals surface area (Å²) in [4.78, 5) is 11.3. The molecular weight excluding hydrogens is 240 g/mol. The van der Waals surface area contributed by atoms with Gasteiger partial charge in [-0.2, -0.15) is 0 Å². The molecule has 0 N–H and O–H groups in total. The molecule has 1 aliphatic carbocycles. The quantitative estimate of drug-likeness (QED) is 0.671. The molecule has 0 aromatic rings. The summed E-state index contributed by atoms with van der Waals surface area (Å²) in [6, 6.07) is 0. The number of carbonyl (C=O) groups is 1. The first-order chi connectivity index (χ1) is 8.13. The highest BCUT2D eigenvalue weighted by molar-refractivity contribution is 7.85. The lowest BCUT2D eigenvalue weighted by Crippen LogP contribution is -2.22. The van der Waals surface area contributed by atoms with E-state index in [4.69, 9.17) is 4.74 Å². The Labute approximate surface area is 105 Å². The van der Waals surface area contributed by atoms with Crippen molar-refractivity contribution in [2.45, 2.75) is 25.7 Å². The maximum absolute atomic E-state index is 12.0. The van der Waals surface area contributed by atoms with Gasteiger partial charge in [0.1, 0.15) is 0 Å². The Hall–Kier alpha value is -0.420. The van der Waals surface area contributed by atoms with Crippen LogP contribution in [0.4, 0.5) is 0 Å². The maximum Gasteiger partial charge on any atom is 0.306 e. The van der Waals surface area contributed by atoms with Crippen molar-refractivity contribution < 1.29 is 18.5 Å². The smallest absolute Gasteiger partial charge is 0.306 e.